The van der Waals surface area contributed by atoms with Crippen LogP contribution < -0.4 is 10.1 Å². The Morgan fingerprint density at radius 3 is 2.71 bits per heavy atom. The lowest BCUT2D eigenvalue weighted by molar-refractivity contribution is 0.189. The second-order valence-electron chi connectivity index (χ2n) is 3.86. The second kappa shape index (κ2) is 7.69. The predicted molar refractivity (Wildman–Crippen MR) is 73.6 cm³/mol. The first-order valence-electron chi connectivity index (χ1n) is 5.72. The number of ether oxygens (including phenoxy) is 2. The lowest BCUT2D eigenvalue weighted by Crippen LogP contribution is -2.17. The van der Waals surface area contributed by atoms with Gasteiger partial charge in [-0.15, -0.1) is 0 Å². The highest BCUT2D eigenvalue weighted by atomic mass is 79.9. The molecule has 3 nitrogen and oxygen atoms in total. The maximum absolute atomic E-state index is 5.41. The zero-order valence-electron chi connectivity index (χ0n) is 10.6. The van der Waals surface area contributed by atoms with Crippen molar-refractivity contribution in [3.05, 3.63) is 28.2 Å². The van der Waals surface area contributed by atoms with E-state index in [-0.39, 0.29) is 0 Å². The van der Waals surface area contributed by atoms with E-state index in [1.54, 1.807) is 14.2 Å². The smallest absolute Gasteiger partial charge is 0.124 e. The van der Waals surface area contributed by atoms with Crippen LogP contribution >= 0.6 is 15.9 Å². The Morgan fingerprint density at radius 1 is 1.35 bits per heavy atom. The van der Waals surface area contributed by atoms with Gasteiger partial charge in [-0.1, -0.05) is 22.0 Å². The zero-order valence-corrected chi connectivity index (χ0v) is 12.2. The molecule has 0 saturated carbocycles. The van der Waals surface area contributed by atoms with Crippen LogP contribution in [0.4, 0.5) is 0 Å². The molecule has 0 heterocycles. The molecule has 96 valence electrons. The average Bonchev–Trinajstić information content (AvgIpc) is 2.35. The number of methoxy groups -OCH3 is 2. The quantitative estimate of drug-likeness (QED) is 0.785. The van der Waals surface area contributed by atoms with Gasteiger partial charge in [-0.25, -0.2) is 0 Å². The topological polar surface area (TPSA) is 30.5 Å². The molecule has 4 heteroatoms. The SMILES string of the molecule is CNC(CCCOC)c1ccc(Br)cc1OC. The molecule has 0 amide bonds. The summed E-state index contributed by atoms with van der Waals surface area (Å²) in [5.41, 5.74) is 1.19. The maximum atomic E-state index is 5.41. The summed E-state index contributed by atoms with van der Waals surface area (Å²) in [7, 11) is 5.40. The molecule has 0 bridgehead atoms. The van der Waals surface area contributed by atoms with E-state index in [9.17, 15) is 0 Å². The molecule has 1 aromatic carbocycles. The number of halogens is 1. The maximum Gasteiger partial charge on any atom is 0.124 e. The van der Waals surface area contributed by atoms with Gasteiger partial charge in [0.05, 0.1) is 7.11 Å². The van der Waals surface area contributed by atoms with E-state index < -0.39 is 0 Å². The molecular weight excluding hydrogens is 282 g/mol. The van der Waals surface area contributed by atoms with Gasteiger partial charge in [0.1, 0.15) is 5.75 Å². The van der Waals surface area contributed by atoms with E-state index in [2.05, 4.69) is 27.3 Å². The van der Waals surface area contributed by atoms with E-state index in [1.165, 1.54) is 5.56 Å². The molecule has 0 aromatic heterocycles. The van der Waals surface area contributed by atoms with Crippen LogP contribution in [0.5, 0.6) is 5.75 Å². The van der Waals surface area contributed by atoms with Crippen molar-refractivity contribution in [2.45, 2.75) is 18.9 Å². The molecule has 0 aliphatic carbocycles. The fourth-order valence-corrected chi connectivity index (χ4v) is 2.20. The van der Waals surface area contributed by atoms with Gasteiger partial charge in [0.2, 0.25) is 0 Å². The Morgan fingerprint density at radius 2 is 2.12 bits per heavy atom. The molecule has 1 rings (SSSR count). The van der Waals surface area contributed by atoms with Crippen LogP contribution in [0, 0.1) is 0 Å². The largest absolute Gasteiger partial charge is 0.496 e. The Bertz CT molecular complexity index is 344. The van der Waals surface area contributed by atoms with Gasteiger partial charge in [0, 0.05) is 29.8 Å². The molecule has 1 atom stereocenters. The summed E-state index contributed by atoms with van der Waals surface area (Å²) in [6.45, 7) is 0.789. The van der Waals surface area contributed by atoms with Crippen molar-refractivity contribution in [2.75, 3.05) is 27.9 Å². The normalized spacial score (nSPS) is 12.5. The minimum absolute atomic E-state index is 0.299. The number of nitrogens with one attached hydrogen (secondary N) is 1. The summed E-state index contributed by atoms with van der Waals surface area (Å²) in [4.78, 5) is 0. The predicted octanol–water partition coefficient (Wildman–Crippen LogP) is 3.14. The van der Waals surface area contributed by atoms with Gasteiger partial charge in [-0.05, 0) is 32.0 Å². The summed E-state index contributed by atoms with van der Waals surface area (Å²) in [6.07, 6.45) is 2.06. The molecule has 0 spiro atoms. The van der Waals surface area contributed by atoms with Crippen molar-refractivity contribution in [1.29, 1.82) is 0 Å². The van der Waals surface area contributed by atoms with E-state index in [4.69, 9.17) is 9.47 Å². The van der Waals surface area contributed by atoms with Crippen LogP contribution in [-0.2, 0) is 4.74 Å². The highest BCUT2D eigenvalue weighted by Gasteiger charge is 2.14. The summed E-state index contributed by atoms with van der Waals surface area (Å²) in [6, 6.07) is 6.43. The van der Waals surface area contributed by atoms with Gasteiger partial charge in [0.25, 0.3) is 0 Å². The van der Waals surface area contributed by atoms with Crippen molar-refractivity contribution in [2.24, 2.45) is 0 Å². The minimum Gasteiger partial charge on any atom is -0.496 e. The molecule has 0 aliphatic rings. The fraction of sp³-hybridized carbons (Fsp3) is 0.538. The molecule has 17 heavy (non-hydrogen) atoms. The van der Waals surface area contributed by atoms with Crippen LogP contribution in [0.2, 0.25) is 0 Å². The van der Waals surface area contributed by atoms with E-state index >= 15 is 0 Å². The highest BCUT2D eigenvalue weighted by Crippen LogP contribution is 2.30. The number of rotatable bonds is 7. The van der Waals surface area contributed by atoms with Gasteiger partial charge < -0.3 is 14.8 Å². The Kier molecular flexibility index (Phi) is 6.55. The van der Waals surface area contributed by atoms with Gasteiger partial charge in [-0.2, -0.15) is 0 Å². The third kappa shape index (κ3) is 4.30. The van der Waals surface area contributed by atoms with Crippen LogP contribution in [0.3, 0.4) is 0 Å². The van der Waals surface area contributed by atoms with Gasteiger partial charge in [-0.3, -0.25) is 0 Å². The molecular formula is C13H20BrNO2. The Balaban J connectivity index is 2.79. The first kappa shape index (κ1) is 14.5. The van der Waals surface area contributed by atoms with Gasteiger partial charge >= 0.3 is 0 Å². The first-order chi connectivity index (χ1) is 8.22. The molecule has 1 N–H and O–H groups in total. The fourth-order valence-electron chi connectivity index (χ4n) is 1.86. The molecule has 1 unspecified atom stereocenters. The second-order valence-corrected chi connectivity index (χ2v) is 4.78. The van der Waals surface area contributed by atoms with Crippen LogP contribution in [0.15, 0.2) is 22.7 Å². The van der Waals surface area contributed by atoms with Crippen LogP contribution in [0.1, 0.15) is 24.4 Å². The Hall–Kier alpha value is -0.580. The lowest BCUT2D eigenvalue weighted by Gasteiger charge is -2.19. The third-order valence-corrected chi connectivity index (χ3v) is 3.25. The van der Waals surface area contributed by atoms with Crippen LogP contribution in [-0.4, -0.2) is 27.9 Å². The van der Waals surface area contributed by atoms with Gasteiger partial charge in [0.15, 0.2) is 0 Å². The monoisotopic (exact) mass is 301 g/mol. The first-order valence-corrected chi connectivity index (χ1v) is 6.51. The number of hydrogen-bond acceptors (Lipinski definition) is 3. The van der Waals surface area contributed by atoms with E-state index in [1.807, 2.05) is 19.2 Å². The highest BCUT2D eigenvalue weighted by molar-refractivity contribution is 9.10. The molecule has 0 saturated heterocycles. The zero-order chi connectivity index (χ0) is 12.7. The van der Waals surface area contributed by atoms with Crippen molar-refractivity contribution in [3.63, 3.8) is 0 Å². The Labute approximate surface area is 112 Å². The summed E-state index contributed by atoms with van der Waals surface area (Å²) in [5, 5.41) is 3.32. The standard InChI is InChI=1S/C13H20BrNO2/c1-15-12(5-4-8-16-2)11-7-6-10(14)9-13(11)17-3/h6-7,9,12,15H,4-5,8H2,1-3H3. The molecule has 1 aromatic rings. The summed E-state index contributed by atoms with van der Waals surface area (Å²) in [5.74, 6) is 0.913. The molecule has 0 radical (unpaired) electrons. The van der Waals surface area contributed by atoms with Crippen molar-refractivity contribution < 1.29 is 9.47 Å². The molecule has 0 aliphatic heterocycles. The van der Waals surface area contributed by atoms with Crippen molar-refractivity contribution >= 4 is 15.9 Å². The molecule has 0 fully saturated rings. The van der Waals surface area contributed by atoms with Crippen molar-refractivity contribution in [3.8, 4) is 5.75 Å². The van der Waals surface area contributed by atoms with Crippen molar-refractivity contribution in [1.82, 2.24) is 5.32 Å². The number of benzene rings is 1. The lowest BCUT2D eigenvalue weighted by atomic mass is 10.0. The summed E-state index contributed by atoms with van der Waals surface area (Å²) >= 11 is 3.45. The minimum atomic E-state index is 0.299. The van der Waals surface area contributed by atoms with E-state index in [0.29, 0.717) is 6.04 Å². The average molecular weight is 302 g/mol. The third-order valence-electron chi connectivity index (χ3n) is 2.76. The van der Waals surface area contributed by atoms with Crippen LogP contribution in [0.25, 0.3) is 0 Å². The number of hydrogen-bond donors (Lipinski definition) is 1. The summed E-state index contributed by atoms with van der Waals surface area (Å²) < 4.78 is 11.5. The van der Waals surface area contributed by atoms with E-state index in [0.717, 1.165) is 29.7 Å².